The Bertz CT molecular complexity index is 299. The molecule has 2 nitrogen and oxygen atoms in total. The van der Waals surface area contributed by atoms with E-state index in [0.717, 1.165) is 24.1 Å². The number of aryl methyl sites for hydroxylation is 1. The van der Waals surface area contributed by atoms with Crippen molar-refractivity contribution in [1.29, 1.82) is 0 Å². The molecule has 0 saturated heterocycles. The molecule has 0 aliphatic carbocycles. The third-order valence-corrected chi connectivity index (χ3v) is 2.92. The third-order valence-electron chi connectivity index (χ3n) is 2.38. The van der Waals surface area contributed by atoms with Gasteiger partial charge in [0.2, 0.25) is 0 Å². The molecule has 0 aliphatic rings. The minimum absolute atomic E-state index is 0.0342. The lowest BCUT2D eigenvalue weighted by atomic mass is 10.0. The maximum Gasteiger partial charge on any atom is 0.0603 e. The van der Waals surface area contributed by atoms with Crippen LogP contribution < -0.4 is 11.3 Å². The van der Waals surface area contributed by atoms with Gasteiger partial charge in [0, 0.05) is 0 Å². The number of anilines is 1. The Morgan fingerprint density at radius 1 is 1.43 bits per heavy atom. The molecule has 1 aromatic rings. The van der Waals surface area contributed by atoms with Crippen LogP contribution in [-0.2, 0) is 6.42 Å². The summed E-state index contributed by atoms with van der Waals surface area (Å²) in [5.41, 5.74) is 5.98. The van der Waals surface area contributed by atoms with Crippen LogP contribution in [0.5, 0.6) is 0 Å². The molecule has 0 aliphatic heterocycles. The molecule has 0 bridgehead atoms. The molecule has 0 fully saturated rings. The first-order valence-corrected chi connectivity index (χ1v) is 5.40. The maximum atomic E-state index is 6.17. The minimum atomic E-state index is 0.0342. The highest BCUT2D eigenvalue weighted by Crippen LogP contribution is 2.30. The van der Waals surface area contributed by atoms with Gasteiger partial charge in [0.15, 0.2) is 0 Å². The van der Waals surface area contributed by atoms with E-state index in [1.165, 1.54) is 5.56 Å². The Balaban J connectivity index is 3.04. The van der Waals surface area contributed by atoms with Crippen LogP contribution in [0.4, 0.5) is 5.69 Å². The Kier molecular flexibility index (Phi) is 4.23. The van der Waals surface area contributed by atoms with Crippen molar-refractivity contribution < 1.29 is 0 Å². The van der Waals surface area contributed by atoms with Crippen molar-refractivity contribution in [3.63, 3.8) is 0 Å². The Labute approximate surface area is 90.4 Å². The van der Waals surface area contributed by atoms with Crippen molar-refractivity contribution in [1.82, 2.24) is 0 Å². The topological polar surface area (TPSA) is 38.0 Å². The smallest absolute Gasteiger partial charge is 0.0603 e. The molecule has 1 unspecified atom stereocenters. The fourth-order valence-electron chi connectivity index (χ4n) is 1.44. The average molecular weight is 213 g/mol. The monoisotopic (exact) mass is 212 g/mol. The number of hydrazine groups is 1. The molecular formula is C11H17ClN2. The number of hydrogen-bond acceptors (Lipinski definition) is 2. The summed E-state index contributed by atoms with van der Waals surface area (Å²) in [7, 11) is 0. The van der Waals surface area contributed by atoms with Crippen molar-refractivity contribution in [2.24, 2.45) is 5.84 Å². The van der Waals surface area contributed by atoms with Crippen LogP contribution in [0, 0.1) is 0 Å². The predicted octanol–water partition coefficient (Wildman–Crippen LogP) is 3.22. The van der Waals surface area contributed by atoms with Crippen LogP contribution >= 0.6 is 11.6 Å². The van der Waals surface area contributed by atoms with Gasteiger partial charge in [-0.25, -0.2) is 0 Å². The van der Waals surface area contributed by atoms with Crippen molar-refractivity contribution >= 4 is 17.3 Å². The summed E-state index contributed by atoms with van der Waals surface area (Å²) in [4.78, 5) is 0. The molecule has 14 heavy (non-hydrogen) atoms. The summed E-state index contributed by atoms with van der Waals surface area (Å²) < 4.78 is 0. The Hall–Kier alpha value is -0.730. The number of nitrogen functional groups attached to an aromatic ring is 1. The molecule has 3 heteroatoms. The normalized spacial score (nSPS) is 12.6. The predicted molar refractivity (Wildman–Crippen MR) is 62.5 cm³/mol. The summed E-state index contributed by atoms with van der Waals surface area (Å²) in [5.74, 6) is 5.46. The molecule has 0 spiro atoms. The molecule has 1 aromatic carbocycles. The number of nitrogens with one attached hydrogen (secondary N) is 1. The quantitative estimate of drug-likeness (QED) is 0.457. The van der Waals surface area contributed by atoms with Gasteiger partial charge in [-0.2, -0.15) is 0 Å². The largest absolute Gasteiger partial charge is 0.324 e. The molecule has 0 aromatic heterocycles. The lowest BCUT2D eigenvalue weighted by Crippen LogP contribution is -2.10. The average Bonchev–Trinajstić information content (AvgIpc) is 2.27. The van der Waals surface area contributed by atoms with Crippen LogP contribution in [0.15, 0.2) is 18.2 Å². The van der Waals surface area contributed by atoms with Gasteiger partial charge in [-0.3, -0.25) is 5.84 Å². The van der Waals surface area contributed by atoms with Crippen LogP contribution in [-0.4, -0.2) is 0 Å². The van der Waals surface area contributed by atoms with Gasteiger partial charge in [0.05, 0.1) is 11.1 Å². The van der Waals surface area contributed by atoms with Crippen molar-refractivity contribution in [2.45, 2.75) is 32.1 Å². The first-order chi connectivity index (χ1) is 6.72. The standard InChI is InChI=1S/C11H17ClN2/c1-3-8-5-6-9(10(12)4-2)11(7-8)14-13/h5-7,10,14H,3-4,13H2,1-2H3. The number of nitrogens with two attached hydrogens (primary N) is 1. The summed E-state index contributed by atoms with van der Waals surface area (Å²) in [6.45, 7) is 4.18. The second-order valence-corrected chi connectivity index (χ2v) is 3.82. The van der Waals surface area contributed by atoms with Crippen LogP contribution in [0.3, 0.4) is 0 Å². The summed E-state index contributed by atoms with van der Waals surface area (Å²) in [6.07, 6.45) is 1.91. The molecule has 78 valence electrons. The molecule has 0 amide bonds. The summed E-state index contributed by atoms with van der Waals surface area (Å²) in [5, 5.41) is 0.0342. The lowest BCUT2D eigenvalue weighted by Gasteiger charge is -2.13. The zero-order valence-corrected chi connectivity index (χ0v) is 9.43. The molecule has 0 radical (unpaired) electrons. The van der Waals surface area contributed by atoms with Gasteiger partial charge in [-0.05, 0) is 30.0 Å². The third kappa shape index (κ3) is 2.40. The number of alkyl halides is 1. The number of rotatable bonds is 4. The van der Waals surface area contributed by atoms with Gasteiger partial charge in [0.25, 0.3) is 0 Å². The van der Waals surface area contributed by atoms with Crippen LogP contribution in [0.25, 0.3) is 0 Å². The molecule has 3 N–H and O–H groups in total. The van der Waals surface area contributed by atoms with E-state index in [1.54, 1.807) is 0 Å². The van der Waals surface area contributed by atoms with Gasteiger partial charge in [-0.15, -0.1) is 11.6 Å². The van der Waals surface area contributed by atoms with Gasteiger partial charge >= 0.3 is 0 Å². The van der Waals surface area contributed by atoms with Crippen LogP contribution in [0.1, 0.15) is 36.8 Å². The van der Waals surface area contributed by atoms with Crippen molar-refractivity contribution in [3.8, 4) is 0 Å². The SMILES string of the molecule is CCc1ccc(C(Cl)CC)c(NN)c1. The van der Waals surface area contributed by atoms with E-state index in [9.17, 15) is 0 Å². The van der Waals surface area contributed by atoms with Crippen molar-refractivity contribution in [2.75, 3.05) is 5.43 Å². The lowest BCUT2D eigenvalue weighted by molar-refractivity contribution is 0.882. The summed E-state index contributed by atoms with van der Waals surface area (Å²) in [6, 6.07) is 6.21. The molecule has 1 atom stereocenters. The molecule has 0 heterocycles. The maximum absolute atomic E-state index is 6.17. The summed E-state index contributed by atoms with van der Waals surface area (Å²) >= 11 is 6.17. The second kappa shape index (κ2) is 5.23. The first-order valence-electron chi connectivity index (χ1n) is 4.96. The van der Waals surface area contributed by atoms with E-state index >= 15 is 0 Å². The molecule has 1 rings (SSSR count). The van der Waals surface area contributed by atoms with E-state index < -0.39 is 0 Å². The van der Waals surface area contributed by atoms with Gasteiger partial charge < -0.3 is 5.43 Å². The van der Waals surface area contributed by atoms with E-state index in [-0.39, 0.29) is 5.38 Å². The van der Waals surface area contributed by atoms with Gasteiger partial charge in [-0.1, -0.05) is 26.0 Å². The highest BCUT2D eigenvalue weighted by atomic mass is 35.5. The van der Waals surface area contributed by atoms with E-state index in [2.05, 4.69) is 37.5 Å². The Morgan fingerprint density at radius 3 is 2.64 bits per heavy atom. The van der Waals surface area contributed by atoms with Gasteiger partial charge in [0.1, 0.15) is 0 Å². The zero-order valence-electron chi connectivity index (χ0n) is 8.68. The first kappa shape index (κ1) is 11.3. The van der Waals surface area contributed by atoms with Crippen molar-refractivity contribution in [3.05, 3.63) is 29.3 Å². The molecular weight excluding hydrogens is 196 g/mol. The minimum Gasteiger partial charge on any atom is -0.324 e. The molecule has 0 saturated carbocycles. The van der Waals surface area contributed by atoms with E-state index in [0.29, 0.717) is 0 Å². The number of benzene rings is 1. The zero-order chi connectivity index (χ0) is 10.6. The Morgan fingerprint density at radius 2 is 2.14 bits per heavy atom. The number of halogens is 1. The highest BCUT2D eigenvalue weighted by Gasteiger charge is 2.10. The fraction of sp³-hybridized carbons (Fsp3) is 0.455. The van der Waals surface area contributed by atoms with Crippen LogP contribution in [0.2, 0.25) is 0 Å². The van der Waals surface area contributed by atoms with E-state index in [4.69, 9.17) is 17.4 Å². The highest BCUT2D eigenvalue weighted by molar-refractivity contribution is 6.21. The fourth-order valence-corrected chi connectivity index (χ4v) is 1.63. The number of hydrogen-bond donors (Lipinski definition) is 2. The second-order valence-electron chi connectivity index (χ2n) is 3.30. The van der Waals surface area contributed by atoms with E-state index in [1.807, 2.05) is 0 Å².